The molecule has 2 N–H and O–H groups in total. The number of aromatic nitrogens is 2. The highest BCUT2D eigenvalue weighted by atomic mass is 15.1. The first-order valence-electron chi connectivity index (χ1n) is 5.59. The van der Waals surface area contributed by atoms with E-state index in [1.54, 1.807) is 0 Å². The molecule has 15 heavy (non-hydrogen) atoms. The second kappa shape index (κ2) is 4.35. The Balaban J connectivity index is 2.77. The fourth-order valence-electron chi connectivity index (χ4n) is 1.46. The maximum atomic E-state index is 6.16. The molecule has 0 aromatic carbocycles. The minimum atomic E-state index is 0.137. The van der Waals surface area contributed by atoms with Gasteiger partial charge in [0.15, 0.2) is 0 Å². The molecule has 1 rings (SSSR count). The van der Waals surface area contributed by atoms with E-state index in [2.05, 4.69) is 44.2 Å². The minimum Gasteiger partial charge on any atom is -0.333 e. The standard InChI is InChI=1S/C12H23N3/c1-9(2)11-14-6-7-15(11)8-10(13)12(3,4)5/h6-7,9-10H,8,13H2,1-5H3. The molecule has 0 saturated carbocycles. The van der Waals surface area contributed by atoms with E-state index in [9.17, 15) is 0 Å². The molecule has 3 heteroatoms. The predicted molar refractivity (Wildman–Crippen MR) is 63.7 cm³/mol. The van der Waals surface area contributed by atoms with E-state index in [0.717, 1.165) is 12.4 Å². The molecule has 0 aliphatic carbocycles. The molecule has 86 valence electrons. The minimum absolute atomic E-state index is 0.137. The molecule has 0 aliphatic rings. The molecule has 0 fully saturated rings. The number of imidazole rings is 1. The maximum absolute atomic E-state index is 6.16. The van der Waals surface area contributed by atoms with Gasteiger partial charge < -0.3 is 10.3 Å². The quantitative estimate of drug-likeness (QED) is 0.830. The molecule has 0 aliphatic heterocycles. The van der Waals surface area contributed by atoms with Gasteiger partial charge in [0.2, 0.25) is 0 Å². The van der Waals surface area contributed by atoms with Gasteiger partial charge in [-0.15, -0.1) is 0 Å². The first kappa shape index (κ1) is 12.2. The van der Waals surface area contributed by atoms with Crippen molar-refractivity contribution in [2.24, 2.45) is 11.1 Å². The van der Waals surface area contributed by atoms with Crippen molar-refractivity contribution in [2.75, 3.05) is 0 Å². The normalized spacial score (nSPS) is 14.6. The summed E-state index contributed by atoms with van der Waals surface area (Å²) in [6, 6.07) is 0.157. The van der Waals surface area contributed by atoms with Gasteiger partial charge in [-0.3, -0.25) is 0 Å². The Bertz CT molecular complexity index is 307. The fraction of sp³-hybridized carbons (Fsp3) is 0.750. The van der Waals surface area contributed by atoms with Crippen LogP contribution in [0.2, 0.25) is 0 Å². The Labute approximate surface area is 92.7 Å². The van der Waals surface area contributed by atoms with Crippen LogP contribution in [0, 0.1) is 5.41 Å². The monoisotopic (exact) mass is 209 g/mol. The van der Waals surface area contributed by atoms with Crippen molar-refractivity contribution < 1.29 is 0 Å². The molecule has 1 aromatic rings. The predicted octanol–water partition coefficient (Wildman–Crippen LogP) is 2.38. The lowest BCUT2D eigenvalue weighted by atomic mass is 9.87. The molecule has 0 bridgehead atoms. The zero-order valence-corrected chi connectivity index (χ0v) is 10.5. The summed E-state index contributed by atoms with van der Waals surface area (Å²) in [4.78, 5) is 4.36. The Morgan fingerprint density at radius 1 is 1.40 bits per heavy atom. The van der Waals surface area contributed by atoms with E-state index < -0.39 is 0 Å². The van der Waals surface area contributed by atoms with Gasteiger partial charge in [0.25, 0.3) is 0 Å². The van der Waals surface area contributed by atoms with Gasteiger partial charge in [0, 0.05) is 30.9 Å². The van der Waals surface area contributed by atoms with Gasteiger partial charge in [0.05, 0.1) is 0 Å². The van der Waals surface area contributed by atoms with Crippen LogP contribution in [-0.4, -0.2) is 15.6 Å². The lowest BCUT2D eigenvalue weighted by Crippen LogP contribution is -2.39. The molecule has 1 aromatic heterocycles. The van der Waals surface area contributed by atoms with Crippen LogP contribution in [-0.2, 0) is 6.54 Å². The summed E-state index contributed by atoms with van der Waals surface area (Å²) in [5.41, 5.74) is 6.30. The number of rotatable bonds is 3. The van der Waals surface area contributed by atoms with Crippen LogP contribution in [0.3, 0.4) is 0 Å². The van der Waals surface area contributed by atoms with Gasteiger partial charge in [-0.25, -0.2) is 4.98 Å². The van der Waals surface area contributed by atoms with E-state index in [0.29, 0.717) is 5.92 Å². The van der Waals surface area contributed by atoms with E-state index in [4.69, 9.17) is 5.73 Å². The average Bonchev–Trinajstić information content (AvgIpc) is 2.50. The summed E-state index contributed by atoms with van der Waals surface area (Å²) in [6.07, 6.45) is 3.87. The molecule has 0 saturated heterocycles. The maximum Gasteiger partial charge on any atom is 0.111 e. The second-order valence-electron chi connectivity index (χ2n) is 5.57. The fourth-order valence-corrected chi connectivity index (χ4v) is 1.46. The average molecular weight is 209 g/mol. The zero-order valence-electron chi connectivity index (χ0n) is 10.5. The third-order valence-electron chi connectivity index (χ3n) is 2.77. The third kappa shape index (κ3) is 3.06. The highest BCUT2D eigenvalue weighted by molar-refractivity contribution is 4.98. The zero-order chi connectivity index (χ0) is 11.6. The highest BCUT2D eigenvalue weighted by Gasteiger charge is 2.21. The molecular weight excluding hydrogens is 186 g/mol. The van der Waals surface area contributed by atoms with Crippen LogP contribution in [0.4, 0.5) is 0 Å². The Kier molecular flexibility index (Phi) is 3.55. The Morgan fingerprint density at radius 2 is 2.00 bits per heavy atom. The van der Waals surface area contributed by atoms with E-state index in [1.807, 2.05) is 12.4 Å². The van der Waals surface area contributed by atoms with Crippen molar-refractivity contribution in [2.45, 2.75) is 53.1 Å². The number of hydrogen-bond donors (Lipinski definition) is 1. The van der Waals surface area contributed by atoms with Crippen LogP contribution in [0.1, 0.15) is 46.4 Å². The molecule has 1 unspecified atom stereocenters. The van der Waals surface area contributed by atoms with Gasteiger partial charge >= 0.3 is 0 Å². The van der Waals surface area contributed by atoms with Crippen molar-refractivity contribution in [1.29, 1.82) is 0 Å². The Hall–Kier alpha value is -0.830. The Morgan fingerprint density at radius 3 is 2.47 bits per heavy atom. The number of nitrogens with two attached hydrogens (primary N) is 1. The summed E-state index contributed by atoms with van der Waals surface area (Å²) >= 11 is 0. The van der Waals surface area contributed by atoms with Crippen molar-refractivity contribution in [3.8, 4) is 0 Å². The molecule has 1 heterocycles. The molecule has 0 amide bonds. The molecule has 0 spiro atoms. The lowest BCUT2D eigenvalue weighted by Gasteiger charge is -2.28. The SMILES string of the molecule is CC(C)c1nccn1CC(N)C(C)(C)C. The molecule has 3 nitrogen and oxygen atoms in total. The topological polar surface area (TPSA) is 43.8 Å². The first-order valence-corrected chi connectivity index (χ1v) is 5.59. The third-order valence-corrected chi connectivity index (χ3v) is 2.77. The smallest absolute Gasteiger partial charge is 0.111 e. The lowest BCUT2D eigenvalue weighted by molar-refractivity contribution is 0.288. The highest BCUT2D eigenvalue weighted by Crippen LogP contribution is 2.20. The van der Waals surface area contributed by atoms with Crippen molar-refractivity contribution in [3.05, 3.63) is 18.2 Å². The van der Waals surface area contributed by atoms with Crippen LogP contribution in [0.5, 0.6) is 0 Å². The summed E-state index contributed by atoms with van der Waals surface area (Å²) in [7, 11) is 0. The van der Waals surface area contributed by atoms with Gasteiger partial charge in [-0.2, -0.15) is 0 Å². The van der Waals surface area contributed by atoms with Crippen LogP contribution < -0.4 is 5.73 Å². The molecular formula is C12H23N3. The van der Waals surface area contributed by atoms with Gasteiger partial charge in [-0.1, -0.05) is 34.6 Å². The van der Waals surface area contributed by atoms with E-state index >= 15 is 0 Å². The largest absolute Gasteiger partial charge is 0.333 e. The van der Waals surface area contributed by atoms with E-state index in [-0.39, 0.29) is 11.5 Å². The van der Waals surface area contributed by atoms with Gasteiger partial charge in [-0.05, 0) is 5.41 Å². The number of nitrogens with zero attached hydrogens (tertiary/aromatic N) is 2. The van der Waals surface area contributed by atoms with Crippen LogP contribution >= 0.6 is 0 Å². The number of hydrogen-bond acceptors (Lipinski definition) is 2. The summed E-state index contributed by atoms with van der Waals surface area (Å²) in [6.45, 7) is 11.7. The summed E-state index contributed by atoms with van der Waals surface area (Å²) < 4.78 is 2.17. The molecule has 0 radical (unpaired) electrons. The first-order chi connectivity index (χ1) is 6.82. The van der Waals surface area contributed by atoms with Gasteiger partial charge in [0.1, 0.15) is 5.82 Å². The second-order valence-corrected chi connectivity index (χ2v) is 5.57. The van der Waals surface area contributed by atoms with Crippen molar-refractivity contribution >= 4 is 0 Å². The van der Waals surface area contributed by atoms with Crippen molar-refractivity contribution in [1.82, 2.24) is 9.55 Å². The molecule has 1 atom stereocenters. The van der Waals surface area contributed by atoms with E-state index in [1.165, 1.54) is 0 Å². The summed E-state index contributed by atoms with van der Waals surface area (Å²) in [5, 5.41) is 0. The van der Waals surface area contributed by atoms with Crippen LogP contribution in [0.15, 0.2) is 12.4 Å². The van der Waals surface area contributed by atoms with Crippen molar-refractivity contribution in [3.63, 3.8) is 0 Å². The van der Waals surface area contributed by atoms with Crippen LogP contribution in [0.25, 0.3) is 0 Å². The summed E-state index contributed by atoms with van der Waals surface area (Å²) in [5.74, 6) is 1.57.